The second-order valence-electron chi connectivity index (χ2n) is 24.5. The van der Waals surface area contributed by atoms with Gasteiger partial charge in [-0.15, -0.1) is 10.2 Å². The van der Waals surface area contributed by atoms with Crippen LogP contribution in [0.1, 0.15) is 186 Å². The molecule has 0 saturated heterocycles. The molecular formula is C64H63N16NaO4. The molecule has 20 nitrogen and oxygen atoms in total. The minimum Gasteiger partial charge on any atom is -0.870 e. The van der Waals surface area contributed by atoms with Gasteiger partial charge in [-0.05, 0) is 107 Å². The molecule has 21 heteroatoms. The van der Waals surface area contributed by atoms with Gasteiger partial charge in [0, 0.05) is 85.1 Å². The van der Waals surface area contributed by atoms with Crippen LogP contribution in [0.3, 0.4) is 0 Å². The summed E-state index contributed by atoms with van der Waals surface area (Å²) >= 11 is 0. The van der Waals surface area contributed by atoms with Crippen molar-refractivity contribution in [2.24, 2.45) is 10.8 Å². The second-order valence-corrected chi connectivity index (χ2v) is 24.5. The van der Waals surface area contributed by atoms with Crippen molar-refractivity contribution in [2.45, 2.75) is 124 Å². The first-order valence-electron chi connectivity index (χ1n) is 28.0. The van der Waals surface area contributed by atoms with Gasteiger partial charge in [0.05, 0.1) is 74.7 Å². The molecule has 0 unspecified atom stereocenters. The van der Waals surface area contributed by atoms with Crippen LogP contribution in [0, 0.1) is 56.2 Å². The van der Waals surface area contributed by atoms with E-state index in [0.29, 0.717) is 111 Å². The van der Waals surface area contributed by atoms with E-state index in [1.807, 2.05) is 82.4 Å². The van der Waals surface area contributed by atoms with E-state index in [4.69, 9.17) is 0 Å². The smallest absolute Gasteiger partial charge is 0.870 e. The summed E-state index contributed by atoms with van der Waals surface area (Å²) < 4.78 is 3.80. The third-order valence-electron chi connectivity index (χ3n) is 15.6. The van der Waals surface area contributed by atoms with E-state index >= 15 is 0 Å². The zero-order chi connectivity index (χ0) is 58.5. The molecule has 2 fully saturated rings. The number of benzene rings is 4. The Bertz CT molecular complexity index is 4140. The van der Waals surface area contributed by atoms with Gasteiger partial charge in [0.15, 0.2) is 0 Å². The number of anilines is 2. The molecule has 3 amide bonds. The van der Waals surface area contributed by atoms with Crippen LogP contribution in [0.5, 0.6) is 0 Å². The van der Waals surface area contributed by atoms with E-state index in [1.54, 1.807) is 0 Å². The van der Waals surface area contributed by atoms with E-state index < -0.39 is 0 Å². The number of hydrogen-bond donors (Lipinski definition) is 3. The van der Waals surface area contributed by atoms with Crippen molar-refractivity contribution in [3.8, 4) is 24.3 Å². The fourth-order valence-corrected chi connectivity index (χ4v) is 11.1. The topological polar surface area (TPSA) is 303 Å². The fourth-order valence-electron chi connectivity index (χ4n) is 11.1. The zero-order valence-electron chi connectivity index (χ0n) is 48.9. The Labute approximate surface area is 514 Å². The third-order valence-corrected chi connectivity index (χ3v) is 15.6. The molecule has 2 atom stereocenters. The Morgan fingerprint density at radius 2 is 1.11 bits per heavy atom. The summed E-state index contributed by atoms with van der Waals surface area (Å²) in [6, 6.07) is 29.1. The van der Waals surface area contributed by atoms with Crippen molar-refractivity contribution in [3.05, 3.63) is 164 Å². The summed E-state index contributed by atoms with van der Waals surface area (Å²) in [5.41, 5.74) is 11.8. The number of nitrogens with one attached hydrogen (secondary N) is 3. The summed E-state index contributed by atoms with van der Waals surface area (Å²) in [5, 5.41) is 69.2. The number of aromatic nitrogens is 8. The van der Waals surface area contributed by atoms with Crippen LogP contribution < -0.4 is 45.5 Å². The van der Waals surface area contributed by atoms with Gasteiger partial charge in [-0.2, -0.15) is 21.0 Å². The Morgan fingerprint density at radius 1 is 0.659 bits per heavy atom. The predicted molar refractivity (Wildman–Crippen MR) is 312 cm³/mol. The van der Waals surface area contributed by atoms with Crippen LogP contribution in [0.4, 0.5) is 11.4 Å². The largest absolute Gasteiger partial charge is 1.00 e. The zero-order valence-corrected chi connectivity index (χ0v) is 50.9. The summed E-state index contributed by atoms with van der Waals surface area (Å²) in [4.78, 5) is 48.9. The first-order valence-corrected chi connectivity index (χ1v) is 28.0. The molecular weight excluding hydrogens is 1080 g/mol. The van der Waals surface area contributed by atoms with Crippen molar-refractivity contribution in [3.63, 3.8) is 0 Å². The van der Waals surface area contributed by atoms with Crippen LogP contribution in [-0.2, 0) is 30.7 Å². The first kappa shape index (κ1) is 60.7. The van der Waals surface area contributed by atoms with Crippen molar-refractivity contribution >= 4 is 50.9 Å². The Balaban J connectivity index is 0.000000199. The molecule has 424 valence electrons. The molecule has 8 aromatic rings. The van der Waals surface area contributed by atoms with E-state index in [9.17, 15) is 35.4 Å². The number of imide groups is 1. The normalized spacial score (nSPS) is 14.9. The molecule has 2 aliphatic carbocycles. The van der Waals surface area contributed by atoms with Gasteiger partial charge in [0.25, 0.3) is 11.8 Å². The maximum atomic E-state index is 13.5. The van der Waals surface area contributed by atoms with Crippen LogP contribution in [-0.4, -0.2) is 81.1 Å². The monoisotopic (exact) mass is 1140 g/mol. The molecule has 2 saturated carbocycles. The van der Waals surface area contributed by atoms with Crippen molar-refractivity contribution < 1.29 is 49.4 Å². The van der Waals surface area contributed by atoms with Gasteiger partial charge in [0.2, 0.25) is 5.91 Å². The minimum atomic E-state index is -0.375. The van der Waals surface area contributed by atoms with Gasteiger partial charge in [-0.3, -0.25) is 29.3 Å². The molecule has 0 bridgehead atoms. The number of pyridine rings is 2. The van der Waals surface area contributed by atoms with Gasteiger partial charge in [0.1, 0.15) is 24.3 Å². The van der Waals surface area contributed by atoms with Gasteiger partial charge < -0.3 is 21.4 Å². The summed E-state index contributed by atoms with van der Waals surface area (Å²) in [6.07, 6.45) is 12.2. The van der Waals surface area contributed by atoms with Crippen LogP contribution >= 0.6 is 0 Å². The van der Waals surface area contributed by atoms with E-state index in [-0.39, 0.29) is 82.0 Å². The Morgan fingerprint density at radius 3 is 1.53 bits per heavy atom. The average Bonchev–Trinajstić information content (AvgIpc) is 3.05. The van der Waals surface area contributed by atoms with E-state index in [2.05, 4.69) is 112 Å². The van der Waals surface area contributed by atoms with Crippen molar-refractivity contribution in [2.75, 3.05) is 23.7 Å². The molecule has 2 aliphatic heterocycles. The molecule has 4 aromatic carbocycles. The van der Waals surface area contributed by atoms with Gasteiger partial charge >= 0.3 is 29.6 Å². The number of carbonyl (C=O) groups excluding carboxylic acids is 3. The number of nitriles is 4. The summed E-state index contributed by atoms with van der Waals surface area (Å²) in [6.45, 7) is 16.1. The molecule has 0 radical (unpaired) electrons. The number of hydrogen-bond acceptors (Lipinski definition) is 16. The standard InChI is InChI=1S/C33H32N8O2.C31H30N8O.Na.H2O/c1-19(42)40-16-21-6-5-7-25(29(21)32(40)43)26(28-17-41(39-38-28)24-8-9-24)11-20-10-22(13-34)30-27(12-20)31(23(14-35)15-36-30)37-18-33(2,3)4;1-31(2,3)17-36-29-21(13-33)15-34-28-20(12-32)9-18(11-25(28)29)10-24(26-16-39(38-37-26)22-7-8-22)23-6-4-5-19-14-35-30(40)27(19)23;;/h5-7,10,12,15,17,24,26H,8-9,11,16,18H2,1-4H3,(H,36,37);4-6,9,11,15-16,22,24H,7-8,10,14,17H2,1-3H3,(H,34,36)(H,35,40);;1H2/q;;+1;/p-1/t26-;24-;;/m00../s1. The molecule has 0 spiro atoms. The molecule has 4 aliphatic rings. The Hall–Kier alpha value is -8.89. The fraction of sp³-hybridized carbons (Fsp3) is 0.359. The number of rotatable bonds is 14. The SMILES string of the molecule is CC(=O)N1Cc2cccc([C@H](Cc3cc(C#N)c4ncc(C#N)c(NCC(C)(C)C)c4c3)c3cn(C4CC4)nn3)c2C1=O.CC(C)(C)CNc1c(C#N)cnc2c(C#N)cc(C[C@H](c3cn(C4CC4)nn3)c3cccc4c3C(=O)NC4)cc12.[Na+].[OH-]. The molecule has 4 N–H and O–H groups in total. The Kier molecular flexibility index (Phi) is 17.4. The van der Waals surface area contributed by atoms with Crippen LogP contribution in [0.15, 0.2) is 85.5 Å². The number of carbonyl (C=O) groups is 3. The predicted octanol–water partition coefficient (Wildman–Crippen LogP) is 7.05. The van der Waals surface area contributed by atoms with Crippen LogP contribution in [0.2, 0.25) is 0 Å². The average molecular weight is 1140 g/mol. The molecule has 6 heterocycles. The molecule has 4 aromatic heterocycles. The number of amides is 3. The molecule has 85 heavy (non-hydrogen) atoms. The summed E-state index contributed by atoms with van der Waals surface area (Å²) in [7, 11) is 0. The minimum absolute atomic E-state index is 0. The van der Waals surface area contributed by atoms with Gasteiger partial charge in [-0.25, -0.2) is 9.36 Å². The molecule has 12 rings (SSSR count). The van der Waals surface area contributed by atoms with Crippen LogP contribution in [0.25, 0.3) is 21.8 Å². The number of nitrogens with zero attached hydrogens (tertiary/aromatic N) is 13. The maximum absolute atomic E-state index is 13.5. The number of fused-ring (bicyclic) bond motifs is 4. The van der Waals surface area contributed by atoms with Crippen molar-refractivity contribution in [1.29, 1.82) is 21.0 Å². The third kappa shape index (κ3) is 12.7. The maximum Gasteiger partial charge on any atom is 1.00 e. The van der Waals surface area contributed by atoms with Gasteiger partial charge in [-0.1, -0.05) is 88.4 Å². The van der Waals surface area contributed by atoms with E-state index in [0.717, 1.165) is 70.1 Å². The van der Waals surface area contributed by atoms with Crippen molar-refractivity contribution in [1.82, 2.24) is 50.2 Å². The van der Waals surface area contributed by atoms with E-state index in [1.165, 1.54) is 24.2 Å². The quantitative estimate of drug-likeness (QED) is 0.0919. The first-order chi connectivity index (χ1) is 39.8. The summed E-state index contributed by atoms with van der Waals surface area (Å²) in [5.74, 6) is -1.33. The second kappa shape index (κ2) is 24.4.